The molecule has 2 nitrogen and oxygen atoms in total. The smallest absolute Gasteiger partial charge is 0.107 e. The highest BCUT2D eigenvalue weighted by atomic mass is 79.9. The van der Waals surface area contributed by atoms with Gasteiger partial charge in [0.25, 0.3) is 0 Å². The average Bonchev–Trinajstić information content (AvgIpc) is 2.80. The number of halogens is 1. The summed E-state index contributed by atoms with van der Waals surface area (Å²) in [5.41, 5.74) is 4.75. The van der Waals surface area contributed by atoms with E-state index in [4.69, 9.17) is 0 Å². The fourth-order valence-electron chi connectivity index (χ4n) is 2.96. The summed E-state index contributed by atoms with van der Waals surface area (Å²) in [6.45, 7) is 2.02. The van der Waals surface area contributed by atoms with E-state index in [0.717, 1.165) is 21.8 Å². The Morgan fingerprint density at radius 1 is 1.11 bits per heavy atom. The molecule has 0 amide bonds. The fourth-order valence-corrected chi connectivity index (χ4v) is 3.36. The third-order valence-electron chi connectivity index (χ3n) is 4.13. The number of nitrogens with zero attached hydrogens (tertiary/aromatic N) is 1. The molecule has 2 aromatic rings. The lowest BCUT2D eigenvalue weighted by Gasteiger charge is -2.22. The van der Waals surface area contributed by atoms with E-state index < -0.39 is 0 Å². The van der Waals surface area contributed by atoms with Crippen LogP contribution in [0.1, 0.15) is 49.3 Å². The Morgan fingerprint density at radius 2 is 1.79 bits per heavy atom. The highest BCUT2D eigenvalue weighted by molar-refractivity contribution is 9.10. The molecule has 0 atom stereocenters. The molecule has 1 aromatic carbocycles. The number of H-pyrrole nitrogens is 1. The summed E-state index contributed by atoms with van der Waals surface area (Å²) < 4.78 is 1.07. The molecule has 19 heavy (non-hydrogen) atoms. The van der Waals surface area contributed by atoms with E-state index in [-0.39, 0.29) is 0 Å². The van der Waals surface area contributed by atoms with Crippen LogP contribution in [-0.2, 0) is 0 Å². The van der Waals surface area contributed by atoms with E-state index in [1.54, 1.807) is 0 Å². The zero-order valence-electron chi connectivity index (χ0n) is 11.2. The third kappa shape index (κ3) is 2.62. The Hall–Kier alpha value is -1.09. The standard InChI is InChI=1S/C16H19BrN2/c1-11-15(17)16(19-18-11)14-9-7-13(8-10-14)12-5-3-2-4-6-12/h7-10,12H,2-6H2,1H3,(H,18,19). The molecule has 1 aliphatic carbocycles. The maximum atomic E-state index is 4.36. The second-order valence-corrected chi connectivity index (χ2v) is 6.26. The van der Waals surface area contributed by atoms with Crippen LogP contribution in [0.3, 0.4) is 0 Å². The van der Waals surface area contributed by atoms with Gasteiger partial charge in [0.05, 0.1) is 4.47 Å². The second-order valence-electron chi connectivity index (χ2n) is 5.47. The van der Waals surface area contributed by atoms with Gasteiger partial charge < -0.3 is 0 Å². The Kier molecular flexibility index (Phi) is 3.74. The molecule has 1 heterocycles. The van der Waals surface area contributed by atoms with E-state index in [9.17, 15) is 0 Å². The molecule has 0 aliphatic heterocycles. The number of aromatic amines is 1. The van der Waals surface area contributed by atoms with Crippen molar-refractivity contribution < 1.29 is 0 Å². The quantitative estimate of drug-likeness (QED) is 0.810. The molecule has 3 rings (SSSR count). The molecule has 0 unspecified atom stereocenters. The Balaban J connectivity index is 1.84. The molecule has 1 N–H and O–H groups in total. The molecule has 0 saturated heterocycles. The lowest BCUT2D eigenvalue weighted by molar-refractivity contribution is 0.443. The van der Waals surface area contributed by atoms with Crippen LogP contribution < -0.4 is 0 Å². The van der Waals surface area contributed by atoms with Gasteiger partial charge in [0.15, 0.2) is 0 Å². The lowest BCUT2D eigenvalue weighted by Crippen LogP contribution is -2.04. The van der Waals surface area contributed by atoms with E-state index >= 15 is 0 Å². The predicted octanol–water partition coefficient (Wildman–Crippen LogP) is 5.20. The van der Waals surface area contributed by atoms with Crippen LogP contribution >= 0.6 is 15.9 Å². The van der Waals surface area contributed by atoms with Crippen LogP contribution in [0.2, 0.25) is 0 Å². The second kappa shape index (κ2) is 5.49. The van der Waals surface area contributed by atoms with Crippen LogP contribution in [0.4, 0.5) is 0 Å². The first-order chi connectivity index (χ1) is 9.25. The SMILES string of the molecule is Cc1[nH]nc(-c2ccc(C3CCCCC3)cc2)c1Br. The Bertz CT molecular complexity index is 551. The third-order valence-corrected chi connectivity index (χ3v) is 5.10. The van der Waals surface area contributed by atoms with Crippen molar-refractivity contribution in [3.63, 3.8) is 0 Å². The summed E-state index contributed by atoms with van der Waals surface area (Å²) in [4.78, 5) is 0. The molecular weight excluding hydrogens is 300 g/mol. The molecule has 1 aliphatic rings. The molecule has 0 spiro atoms. The summed E-state index contributed by atoms with van der Waals surface area (Å²) in [6.07, 6.45) is 6.89. The average molecular weight is 319 g/mol. The van der Waals surface area contributed by atoms with Gasteiger partial charge in [0.1, 0.15) is 5.69 Å². The van der Waals surface area contributed by atoms with Gasteiger partial charge in [0.2, 0.25) is 0 Å². The zero-order valence-corrected chi connectivity index (χ0v) is 12.8. The summed E-state index contributed by atoms with van der Waals surface area (Å²) in [5.74, 6) is 0.771. The van der Waals surface area contributed by atoms with Crippen LogP contribution in [-0.4, -0.2) is 10.2 Å². The van der Waals surface area contributed by atoms with Crippen molar-refractivity contribution in [2.75, 3.05) is 0 Å². The Labute approximate surface area is 122 Å². The largest absolute Gasteiger partial charge is 0.281 e. The van der Waals surface area contributed by atoms with E-state index in [0.29, 0.717) is 0 Å². The fraction of sp³-hybridized carbons (Fsp3) is 0.438. The molecule has 100 valence electrons. The van der Waals surface area contributed by atoms with Crippen LogP contribution in [0.15, 0.2) is 28.7 Å². The zero-order chi connectivity index (χ0) is 13.2. The topological polar surface area (TPSA) is 28.7 Å². The van der Waals surface area contributed by atoms with Gasteiger partial charge in [-0.05, 0) is 47.2 Å². The van der Waals surface area contributed by atoms with Crippen LogP contribution in [0.25, 0.3) is 11.3 Å². The van der Waals surface area contributed by atoms with Crippen molar-refractivity contribution in [1.29, 1.82) is 0 Å². The number of rotatable bonds is 2. The Morgan fingerprint density at radius 3 is 2.37 bits per heavy atom. The van der Waals surface area contributed by atoms with Gasteiger partial charge in [-0.2, -0.15) is 5.10 Å². The minimum absolute atomic E-state index is 0.771. The van der Waals surface area contributed by atoms with Crippen molar-refractivity contribution in [1.82, 2.24) is 10.2 Å². The number of aromatic nitrogens is 2. The van der Waals surface area contributed by atoms with Crippen molar-refractivity contribution >= 4 is 15.9 Å². The van der Waals surface area contributed by atoms with E-state index in [1.165, 1.54) is 43.2 Å². The lowest BCUT2D eigenvalue weighted by atomic mass is 9.84. The van der Waals surface area contributed by atoms with Crippen LogP contribution in [0.5, 0.6) is 0 Å². The van der Waals surface area contributed by atoms with Crippen molar-refractivity contribution in [2.24, 2.45) is 0 Å². The summed E-state index contributed by atoms with van der Waals surface area (Å²) in [5, 5.41) is 7.37. The summed E-state index contributed by atoms with van der Waals surface area (Å²) >= 11 is 3.59. The molecule has 1 fully saturated rings. The number of hydrogen-bond donors (Lipinski definition) is 1. The maximum absolute atomic E-state index is 4.36. The van der Waals surface area contributed by atoms with Gasteiger partial charge in [-0.15, -0.1) is 0 Å². The number of hydrogen-bond acceptors (Lipinski definition) is 1. The minimum atomic E-state index is 0.771. The summed E-state index contributed by atoms with van der Waals surface area (Å²) in [6, 6.07) is 8.96. The number of nitrogens with one attached hydrogen (secondary N) is 1. The van der Waals surface area contributed by atoms with E-state index in [1.807, 2.05) is 6.92 Å². The molecular formula is C16H19BrN2. The van der Waals surface area contributed by atoms with Gasteiger partial charge in [-0.1, -0.05) is 43.5 Å². The highest BCUT2D eigenvalue weighted by Crippen LogP contribution is 2.34. The van der Waals surface area contributed by atoms with Gasteiger partial charge >= 0.3 is 0 Å². The molecule has 1 saturated carbocycles. The van der Waals surface area contributed by atoms with Crippen molar-refractivity contribution in [3.05, 3.63) is 40.0 Å². The highest BCUT2D eigenvalue weighted by Gasteiger charge is 2.16. The summed E-state index contributed by atoms with van der Waals surface area (Å²) in [7, 11) is 0. The first-order valence-corrected chi connectivity index (χ1v) is 7.86. The first kappa shape index (κ1) is 12.9. The first-order valence-electron chi connectivity index (χ1n) is 7.06. The van der Waals surface area contributed by atoms with Crippen LogP contribution in [0, 0.1) is 6.92 Å². The normalized spacial score (nSPS) is 16.7. The van der Waals surface area contributed by atoms with Gasteiger partial charge in [-0.3, -0.25) is 5.10 Å². The van der Waals surface area contributed by atoms with Gasteiger partial charge in [-0.25, -0.2) is 0 Å². The van der Waals surface area contributed by atoms with Gasteiger partial charge in [0, 0.05) is 11.3 Å². The minimum Gasteiger partial charge on any atom is -0.281 e. The van der Waals surface area contributed by atoms with E-state index in [2.05, 4.69) is 50.4 Å². The van der Waals surface area contributed by atoms with Crippen molar-refractivity contribution in [2.45, 2.75) is 44.9 Å². The number of benzene rings is 1. The molecule has 3 heteroatoms. The van der Waals surface area contributed by atoms with Crippen molar-refractivity contribution in [3.8, 4) is 11.3 Å². The maximum Gasteiger partial charge on any atom is 0.107 e. The predicted molar refractivity (Wildman–Crippen MR) is 82.3 cm³/mol. The molecule has 0 bridgehead atoms. The molecule has 0 radical (unpaired) electrons. The monoisotopic (exact) mass is 318 g/mol. The number of aryl methyl sites for hydroxylation is 1. The molecule has 1 aromatic heterocycles.